The fourth-order valence-corrected chi connectivity index (χ4v) is 1.67. The zero-order chi connectivity index (χ0) is 15.9. The van der Waals surface area contributed by atoms with Crippen LogP contribution in [-0.2, 0) is 9.53 Å². The van der Waals surface area contributed by atoms with E-state index in [9.17, 15) is 19.5 Å². The first-order chi connectivity index (χ1) is 10.6. The predicted octanol–water partition coefficient (Wildman–Crippen LogP) is 1.51. The van der Waals surface area contributed by atoms with Gasteiger partial charge in [0.05, 0.1) is 5.56 Å². The second-order valence-electron chi connectivity index (χ2n) is 4.37. The quantitative estimate of drug-likeness (QED) is 0.835. The Morgan fingerprint density at radius 1 is 0.955 bits per heavy atom. The second kappa shape index (κ2) is 7.03. The third kappa shape index (κ3) is 4.17. The average Bonchev–Trinajstić information content (AvgIpc) is 2.53. The fourth-order valence-electron chi connectivity index (χ4n) is 1.67. The van der Waals surface area contributed by atoms with Gasteiger partial charge < -0.3 is 9.84 Å². The highest BCUT2D eigenvalue weighted by Gasteiger charge is 2.13. The van der Waals surface area contributed by atoms with Gasteiger partial charge >= 0.3 is 5.97 Å². The van der Waals surface area contributed by atoms with Gasteiger partial charge in [0.1, 0.15) is 5.75 Å². The number of imide groups is 1. The number of carbonyl (C=O) groups excluding carboxylic acids is 3. The van der Waals surface area contributed by atoms with Gasteiger partial charge in [0.25, 0.3) is 11.8 Å². The highest BCUT2D eigenvalue weighted by atomic mass is 16.5. The molecule has 0 aliphatic heterocycles. The number of ether oxygens (including phenoxy) is 1. The lowest BCUT2D eigenvalue weighted by atomic mass is 10.2. The number of nitrogens with one attached hydrogen (secondary N) is 1. The minimum absolute atomic E-state index is 0.0850. The molecular weight excluding hydrogens is 286 g/mol. The van der Waals surface area contributed by atoms with Crippen molar-refractivity contribution in [2.75, 3.05) is 6.61 Å². The molecule has 2 aromatic rings. The van der Waals surface area contributed by atoms with E-state index in [0.717, 1.165) is 0 Å². The standard InChI is InChI=1S/C16H13NO5/c18-13-8-4-7-12(9-13)16(21)22-10-14(19)17-15(20)11-5-2-1-3-6-11/h1-9,18H,10H2,(H,17,19,20). The molecule has 0 bridgehead atoms. The Morgan fingerprint density at radius 2 is 1.64 bits per heavy atom. The average molecular weight is 299 g/mol. The van der Waals surface area contributed by atoms with Crippen molar-refractivity contribution in [3.05, 3.63) is 65.7 Å². The SMILES string of the molecule is O=C(COC(=O)c1cccc(O)c1)NC(=O)c1ccccc1. The predicted molar refractivity (Wildman–Crippen MR) is 77.3 cm³/mol. The van der Waals surface area contributed by atoms with Crippen molar-refractivity contribution in [3.8, 4) is 5.75 Å². The van der Waals surface area contributed by atoms with E-state index in [1.54, 1.807) is 30.3 Å². The molecule has 112 valence electrons. The lowest BCUT2D eigenvalue weighted by molar-refractivity contribution is -0.123. The van der Waals surface area contributed by atoms with Crippen LogP contribution in [-0.4, -0.2) is 29.5 Å². The summed E-state index contributed by atoms with van der Waals surface area (Å²) in [5, 5.41) is 11.4. The molecule has 0 spiro atoms. The van der Waals surface area contributed by atoms with E-state index in [2.05, 4.69) is 5.32 Å². The minimum atomic E-state index is -0.766. The van der Waals surface area contributed by atoms with E-state index in [0.29, 0.717) is 5.56 Å². The maximum Gasteiger partial charge on any atom is 0.338 e. The normalized spacial score (nSPS) is 9.82. The summed E-state index contributed by atoms with van der Waals surface area (Å²) in [6, 6.07) is 13.7. The molecule has 0 saturated heterocycles. The molecule has 6 nitrogen and oxygen atoms in total. The van der Waals surface area contributed by atoms with Crippen LogP contribution < -0.4 is 5.32 Å². The van der Waals surface area contributed by atoms with Gasteiger partial charge in [-0.1, -0.05) is 24.3 Å². The van der Waals surface area contributed by atoms with Crippen molar-refractivity contribution in [2.24, 2.45) is 0 Å². The molecule has 2 rings (SSSR count). The van der Waals surface area contributed by atoms with Gasteiger partial charge in [0.15, 0.2) is 6.61 Å². The van der Waals surface area contributed by atoms with E-state index >= 15 is 0 Å². The summed E-state index contributed by atoms with van der Waals surface area (Å²) in [5.41, 5.74) is 0.442. The number of hydrogen-bond acceptors (Lipinski definition) is 5. The molecule has 22 heavy (non-hydrogen) atoms. The van der Waals surface area contributed by atoms with Crippen LogP contribution in [0, 0.1) is 0 Å². The van der Waals surface area contributed by atoms with Crippen LogP contribution in [0.15, 0.2) is 54.6 Å². The first kappa shape index (κ1) is 15.2. The number of rotatable bonds is 4. The van der Waals surface area contributed by atoms with E-state index in [-0.39, 0.29) is 11.3 Å². The van der Waals surface area contributed by atoms with Gasteiger partial charge in [-0.3, -0.25) is 14.9 Å². The summed E-state index contributed by atoms with van der Waals surface area (Å²) >= 11 is 0. The Bertz CT molecular complexity index is 697. The van der Waals surface area contributed by atoms with Crippen molar-refractivity contribution in [1.82, 2.24) is 5.32 Å². The zero-order valence-electron chi connectivity index (χ0n) is 11.5. The maximum absolute atomic E-state index is 11.7. The third-order valence-corrected chi connectivity index (χ3v) is 2.71. The van der Waals surface area contributed by atoms with Crippen LogP contribution >= 0.6 is 0 Å². The van der Waals surface area contributed by atoms with Gasteiger partial charge in [-0.2, -0.15) is 0 Å². The van der Waals surface area contributed by atoms with Crippen molar-refractivity contribution in [2.45, 2.75) is 0 Å². The molecule has 0 aliphatic carbocycles. The topological polar surface area (TPSA) is 92.7 Å². The number of esters is 1. The Hall–Kier alpha value is -3.15. The summed E-state index contributed by atoms with van der Waals surface area (Å²) in [7, 11) is 0. The smallest absolute Gasteiger partial charge is 0.338 e. The molecule has 0 unspecified atom stereocenters. The molecule has 2 amide bonds. The van der Waals surface area contributed by atoms with Crippen molar-refractivity contribution in [3.63, 3.8) is 0 Å². The highest BCUT2D eigenvalue weighted by Crippen LogP contribution is 2.11. The summed E-state index contributed by atoms with van der Waals surface area (Å²) in [6.07, 6.45) is 0. The number of benzene rings is 2. The van der Waals surface area contributed by atoms with Gasteiger partial charge in [-0.15, -0.1) is 0 Å². The summed E-state index contributed by atoms with van der Waals surface area (Å²) in [4.78, 5) is 34.9. The van der Waals surface area contributed by atoms with E-state index in [1.165, 1.54) is 24.3 Å². The van der Waals surface area contributed by atoms with Crippen molar-refractivity contribution < 1.29 is 24.2 Å². The van der Waals surface area contributed by atoms with Gasteiger partial charge in [-0.05, 0) is 30.3 Å². The molecule has 0 saturated carbocycles. The van der Waals surface area contributed by atoms with Crippen LogP contribution in [0.2, 0.25) is 0 Å². The molecule has 6 heteroatoms. The Balaban J connectivity index is 1.85. The van der Waals surface area contributed by atoms with Crippen LogP contribution in [0.1, 0.15) is 20.7 Å². The lowest BCUT2D eigenvalue weighted by Gasteiger charge is -2.06. The highest BCUT2D eigenvalue weighted by molar-refractivity contribution is 6.05. The summed E-state index contributed by atoms with van der Waals surface area (Å²) in [6.45, 7) is -0.590. The molecule has 0 aromatic heterocycles. The number of phenols is 1. The first-order valence-corrected chi connectivity index (χ1v) is 6.41. The van der Waals surface area contributed by atoms with Gasteiger partial charge in [0.2, 0.25) is 0 Å². The molecule has 0 fully saturated rings. The van der Waals surface area contributed by atoms with Gasteiger partial charge in [0, 0.05) is 5.56 Å². The molecule has 0 radical (unpaired) electrons. The van der Waals surface area contributed by atoms with Crippen LogP contribution in [0.4, 0.5) is 0 Å². The summed E-state index contributed by atoms with van der Waals surface area (Å²) < 4.78 is 4.77. The Kier molecular flexibility index (Phi) is 4.87. The maximum atomic E-state index is 11.7. The van der Waals surface area contributed by atoms with E-state index in [1.807, 2.05) is 0 Å². The number of carbonyl (C=O) groups is 3. The second-order valence-corrected chi connectivity index (χ2v) is 4.37. The van der Waals surface area contributed by atoms with Crippen LogP contribution in [0.5, 0.6) is 5.75 Å². The minimum Gasteiger partial charge on any atom is -0.508 e. The summed E-state index contributed by atoms with van der Waals surface area (Å²) in [5.74, 6) is -2.15. The number of hydrogen-bond donors (Lipinski definition) is 2. The van der Waals surface area contributed by atoms with E-state index in [4.69, 9.17) is 4.74 Å². The monoisotopic (exact) mass is 299 g/mol. The molecule has 0 heterocycles. The largest absolute Gasteiger partial charge is 0.508 e. The fraction of sp³-hybridized carbons (Fsp3) is 0.0625. The van der Waals surface area contributed by atoms with Crippen LogP contribution in [0.25, 0.3) is 0 Å². The number of phenolic OH excluding ortho intramolecular Hbond substituents is 1. The molecule has 2 aromatic carbocycles. The van der Waals surface area contributed by atoms with Crippen molar-refractivity contribution in [1.29, 1.82) is 0 Å². The molecule has 0 atom stereocenters. The molecule has 0 aliphatic rings. The third-order valence-electron chi connectivity index (χ3n) is 2.71. The molecule has 2 N–H and O–H groups in total. The Morgan fingerprint density at radius 3 is 2.32 bits per heavy atom. The van der Waals surface area contributed by atoms with E-state index < -0.39 is 24.4 Å². The first-order valence-electron chi connectivity index (χ1n) is 6.41. The number of aromatic hydroxyl groups is 1. The van der Waals surface area contributed by atoms with Crippen LogP contribution in [0.3, 0.4) is 0 Å². The lowest BCUT2D eigenvalue weighted by Crippen LogP contribution is -2.34. The molecular formula is C16H13NO5. The Labute approximate surface area is 126 Å². The number of amides is 2. The van der Waals surface area contributed by atoms with Gasteiger partial charge in [-0.25, -0.2) is 4.79 Å². The zero-order valence-corrected chi connectivity index (χ0v) is 11.5. The van der Waals surface area contributed by atoms with Crippen molar-refractivity contribution >= 4 is 17.8 Å².